The molecule has 0 fully saturated rings. The first-order chi connectivity index (χ1) is 11.9. The summed E-state index contributed by atoms with van der Waals surface area (Å²) in [6.45, 7) is 2.05. The zero-order valence-corrected chi connectivity index (χ0v) is 14.8. The summed E-state index contributed by atoms with van der Waals surface area (Å²) in [5.41, 5.74) is 9.73. The van der Waals surface area contributed by atoms with E-state index >= 15 is 0 Å². The second kappa shape index (κ2) is 6.64. The monoisotopic (exact) mass is 357 g/mol. The molecule has 3 aromatic rings. The lowest BCUT2D eigenvalue weighted by molar-refractivity contribution is 0.607. The van der Waals surface area contributed by atoms with Gasteiger partial charge >= 0.3 is 0 Å². The SMILES string of the molecule is CCCc1nc(N)nc2ccc(-c3ccccc3NS(C)(=O)=O)nc12. The van der Waals surface area contributed by atoms with Crippen LogP contribution in [0.5, 0.6) is 0 Å². The smallest absolute Gasteiger partial charge is 0.229 e. The van der Waals surface area contributed by atoms with Crippen LogP contribution in [0.25, 0.3) is 22.3 Å². The van der Waals surface area contributed by atoms with E-state index in [9.17, 15) is 8.42 Å². The highest BCUT2D eigenvalue weighted by Gasteiger charge is 2.13. The maximum absolute atomic E-state index is 11.6. The van der Waals surface area contributed by atoms with Gasteiger partial charge < -0.3 is 5.73 Å². The molecular formula is C17H19N5O2S. The number of hydrogen-bond donors (Lipinski definition) is 2. The Balaban J connectivity index is 2.17. The molecule has 3 rings (SSSR count). The largest absolute Gasteiger partial charge is 0.368 e. The maximum atomic E-state index is 11.6. The number of nitrogens with zero attached hydrogens (tertiary/aromatic N) is 3. The summed E-state index contributed by atoms with van der Waals surface area (Å²) in [5, 5.41) is 0. The van der Waals surface area contributed by atoms with Crippen molar-refractivity contribution in [1.29, 1.82) is 0 Å². The van der Waals surface area contributed by atoms with E-state index in [1.807, 2.05) is 18.2 Å². The number of anilines is 2. The van der Waals surface area contributed by atoms with Crippen molar-refractivity contribution in [3.8, 4) is 11.3 Å². The predicted octanol–water partition coefficient (Wildman–Crippen LogP) is 2.60. The summed E-state index contributed by atoms with van der Waals surface area (Å²) < 4.78 is 25.7. The van der Waals surface area contributed by atoms with Crippen LogP contribution < -0.4 is 10.5 Å². The van der Waals surface area contributed by atoms with E-state index in [-0.39, 0.29) is 5.95 Å². The Morgan fingerprint density at radius 3 is 2.56 bits per heavy atom. The molecule has 0 saturated heterocycles. The normalized spacial score (nSPS) is 11.6. The highest BCUT2D eigenvalue weighted by atomic mass is 32.2. The minimum atomic E-state index is -3.39. The number of hydrogen-bond acceptors (Lipinski definition) is 6. The van der Waals surface area contributed by atoms with Gasteiger partial charge in [0.05, 0.1) is 28.8 Å². The first-order valence-corrected chi connectivity index (χ1v) is 9.77. The van der Waals surface area contributed by atoms with Gasteiger partial charge in [0, 0.05) is 5.56 Å². The third kappa shape index (κ3) is 3.85. The minimum Gasteiger partial charge on any atom is -0.368 e. The lowest BCUT2D eigenvalue weighted by Crippen LogP contribution is -2.10. The molecule has 8 heteroatoms. The number of aromatic nitrogens is 3. The summed E-state index contributed by atoms with van der Waals surface area (Å²) in [5.74, 6) is 0.227. The van der Waals surface area contributed by atoms with Gasteiger partial charge in [-0.15, -0.1) is 0 Å². The third-order valence-corrected chi connectivity index (χ3v) is 4.21. The van der Waals surface area contributed by atoms with E-state index in [4.69, 9.17) is 5.73 Å². The Bertz CT molecular complexity index is 1030. The number of para-hydroxylation sites is 1. The fraction of sp³-hybridized carbons (Fsp3) is 0.235. The Morgan fingerprint density at radius 2 is 1.84 bits per heavy atom. The molecule has 0 amide bonds. The van der Waals surface area contributed by atoms with E-state index in [2.05, 4.69) is 26.6 Å². The first-order valence-electron chi connectivity index (χ1n) is 7.87. The molecule has 7 nitrogen and oxygen atoms in total. The van der Waals surface area contributed by atoms with Crippen molar-refractivity contribution in [1.82, 2.24) is 15.0 Å². The molecule has 0 spiro atoms. The van der Waals surface area contributed by atoms with Gasteiger partial charge in [-0.05, 0) is 24.6 Å². The van der Waals surface area contributed by atoms with Crippen LogP contribution in [-0.4, -0.2) is 29.6 Å². The number of benzene rings is 1. The lowest BCUT2D eigenvalue weighted by atomic mass is 10.1. The lowest BCUT2D eigenvalue weighted by Gasteiger charge is -2.11. The van der Waals surface area contributed by atoms with Crippen LogP contribution in [0, 0.1) is 0 Å². The second-order valence-electron chi connectivity index (χ2n) is 5.76. The molecule has 0 aliphatic heterocycles. The zero-order chi connectivity index (χ0) is 18.0. The van der Waals surface area contributed by atoms with Gasteiger partial charge in [0.2, 0.25) is 16.0 Å². The molecule has 130 valence electrons. The van der Waals surface area contributed by atoms with Gasteiger partial charge in [-0.1, -0.05) is 31.5 Å². The molecule has 0 saturated carbocycles. The van der Waals surface area contributed by atoms with E-state index in [1.165, 1.54) is 0 Å². The number of rotatable bonds is 5. The van der Waals surface area contributed by atoms with Crippen LogP contribution in [0.4, 0.5) is 11.6 Å². The summed E-state index contributed by atoms with van der Waals surface area (Å²) in [7, 11) is -3.39. The van der Waals surface area contributed by atoms with Crippen molar-refractivity contribution >= 4 is 32.7 Å². The Labute approximate surface area is 146 Å². The standard InChI is InChI=1S/C17H19N5O2S/c1-3-6-14-16-15(21-17(18)20-14)10-9-12(19-16)11-7-4-5-8-13(11)22-25(2,23)24/h4-5,7-10,22H,3,6H2,1-2H3,(H2,18,20,21). The average molecular weight is 357 g/mol. The number of nitrogens with two attached hydrogens (primary N) is 1. The van der Waals surface area contributed by atoms with E-state index < -0.39 is 10.0 Å². The Hall–Kier alpha value is -2.74. The van der Waals surface area contributed by atoms with Crippen molar-refractivity contribution in [2.75, 3.05) is 16.7 Å². The van der Waals surface area contributed by atoms with E-state index in [0.717, 1.165) is 24.8 Å². The minimum absolute atomic E-state index is 0.227. The molecule has 0 aliphatic carbocycles. The highest BCUT2D eigenvalue weighted by molar-refractivity contribution is 7.92. The van der Waals surface area contributed by atoms with E-state index in [1.54, 1.807) is 18.2 Å². The highest BCUT2D eigenvalue weighted by Crippen LogP contribution is 2.29. The molecule has 0 aliphatic rings. The second-order valence-corrected chi connectivity index (χ2v) is 7.51. The van der Waals surface area contributed by atoms with Gasteiger partial charge in [-0.2, -0.15) is 0 Å². The number of nitrogens with one attached hydrogen (secondary N) is 1. The number of sulfonamides is 1. The molecule has 0 radical (unpaired) electrons. The Morgan fingerprint density at radius 1 is 1.08 bits per heavy atom. The van der Waals surface area contributed by atoms with Gasteiger partial charge in [0.15, 0.2) is 0 Å². The molecule has 0 bridgehead atoms. The van der Waals surface area contributed by atoms with Crippen LogP contribution >= 0.6 is 0 Å². The molecular weight excluding hydrogens is 338 g/mol. The molecule has 25 heavy (non-hydrogen) atoms. The topological polar surface area (TPSA) is 111 Å². The van der Waals surface area contributed by atoms with E-state index in [0.29, 0.717) is 28.0 Å². The van der Waals surface area contributed by atoms with Crippen molar-refractivity contribution < 1.29 is 8.42 Å². The molecule has 0 unspecified atom stereocenters. The number of aryl methyl sites for hydroxylation is 1. The fourth-order valence-corrected chi connectivity index (χ4v) is 3.23. The Kier molecular flexibility index (Phi) is 4.54. The van der Waals surface area contributed by atoms with Gasteiger partial charge in [0.1, 0.15) is 5.52 Å². The molecule has 1 aromatic carbocycles. The van der Waals surface area contributed by atoms with Crippen molar-refractivity contribution in [3.63, 3.8) is 0 Å². The summed E-state index contributed by atoms with van der Waals surface area (Å²) >= 11 is 0. The number of pyridine rings is 1. The maximum Gasteiger partial charge on any atom is 0.229 e. The first kappa shape index (κ1) is 17.1. The summed E-state index contributed by atoms with van der Waals surface area (Å²) in [4.78, 5) is 13.2. The zero-order valence-electron chi connectivity index (χ0n) is 14.0. The van der Waals surface area contributed by atoms with Crippen molar-refractivity contribution in [3.05, 3.63) is 42.1 Å². The van der Waals surface area contributed by atoms with Gasteiger partial charge in [-0.25, -0.2) is 23.4 Å². The molecule has 2 heterocycles. The van der Waals surface area contributed by atoms with Crippen LogP contribution in [0.3, 0.4) is 0 Å². The van der Waals surface area contributed by atoms with Gasteiger partial charge in [-0.3, -0.25) is 4.72 Å². The number of nitrogen functional groups attached to an aromatic ring is 1. The van der Waals surface area contributed by atoms with Gasteiger partial charge in [0.25, 0.3) is 0 Å². The molecule has 0 atom stereocenters. The van der Waals surface area contributed by atoms with Crippen LogP contribution in [0.15, 0.2) is 36.4 Å². The van der Waals surface area contributed by atoms with Crippen LogP contribution in [0.2, 0.25) is 0 Å². The summed E-state index contributed by atoms with van der Waals surface area (Å²) in [6, 6.07) is 10.7. The quantitative estimate of drug-likeness (QED) is 0.726. The number of fused-ring (bicyclic) bond motifs is 1. The van der Waals surface area contributed by atoms with Crippen LogP contribution in [0.1, 0.15) is 19.0 Å². The predicted molar refractivity (Wildman–Crippen MR) is 99.6 cm³/mol. The van der Waals surface area contributed by atoms with Crippen molar-refractivity contribution in [2.24, 2.45) is 0 Å². The summed E-state index contributed by atoms with van der Waals surface area (Å²) in [6.07, 6.45) is 2.76. The van der Waals surface area contributed by atoms with Crippen molar-refractivity contribution in [2.45, 2.75) is 19.8 Å². The van der Waals surface area contributed by atoms with Crippen LogP contribution in [-0.2, 0) is 16.4 Å². The third-order valence-electron chi connectivity index (χ3n) is 3.62. The average Bonchev–Trinajstić information content (AvgIpc) is 2.54. The molecule has 2 aromatic heterocycles. The fourth-order valence-electron chi connectivity index (χ4n) is 2.65. The molecule has 3 N–H and O–H groups in total.